The van der Waals surface area contributed by atoms with Crippen molar-refractivity contribution in [3.8, 4) is 0 Å². The first-order valence-corrected chi connectivity index (χ1v) is 12.3. The first kappa shape index (κ1) is 23.1. The van der Waals surface area contributed by atoms with Gasteiger partial charge in [-0.1, -0.05) is 55.5 Å². The molecule has 2 aromatic carbocycles. The number of rotatable bonds is 5. The van der Waals surface area contributed by atoms with E-state index in [1.165, 1.54) is 16.2 Å². The van der Waals surface area contributed by atoms with Crippen molar-refractivity contribution in [1.29, 1.82) is 0 Å². The van der Waals surface area contributed by atoms with Crippen LogP contribution in [0.1, 0.15) is 64.4 Å². The van der Waals surface area contributed by atoms with Crippen LogP contribution in [0.15, 0.2) is 64.3 Å². The molecular formula is C28H26N2O4S. The number of Topliss-reactive ketones (excluding diaryl/α,β-unsaturated/α-hetero) is 1. The van der Waals surface area contributed by atoms with Crippen LogP contribution in [0, 0.1) is 20.8 Å². The smallest absolute Gasteiger partial charge is 0.296 e. The third-order valence-corrected chi connectivity index (χ3v) is 7.36. The predicted octanol–water partition coefficient (Wildman–Crippen LogP) is 6.72. The Bertz CT molecular complexity index is 1510. The van der Waals surface area contributed by atoms with E-state index in [0.29, 0.717) is 22.4 Å². The third kappa shape index (κ3) is 3.86. The van der Waals surface area contributed by atoms with E-state index in [4.69, 9.17) is 9.40 Å². The first-order chi connectivity index (χ1) is 16.7. The Morgan fingerprint density at radius 2 is 1.80 bits per heavy atom. The van der Waals surface area contributed by atoms with Gasteiger partial charge < -0.3 is 9.52 Å². The number of anilines is 1. The average molecular weight is 487 g/mol. The molecule has 1 atom stereocenters. The highest BCUT2D eigenvalue weighted by Gasteiger charge is 2.46. The van der Waals surface area contributed by atoms with Crippen molar-refractivity contribution in [3.05, 3.63) is 93.6 Å². The van der Waals surface area contributed by atoms with Gasteiger partial charge in [0.1, 0.15) is 5.76 Å². The Labute approximate surface area is 207 Å². The fraction of sp³-hybridized carbons (Fsp3) is 0.250. The zero-order valence-electron chi connectivity index (χ0n) is 20.2. The fourth-order valence-corrected chi connectivity index (χ4v) is 5.73. The van der Waals surface area contributed by atoms with Crippen LogP contribution in [0.3, 0.4) is 0 Å². The summed E-state index contributed by atoms with van der Waals surface area (Å²) in [5.74, 6) is -0.755. The SMILES string of the molecule is Cc1cc(C)c2nc(N3C(=O)C(O)=C(C(=O)c4ccc(C)o4)[C@H]3c3ccc(C(C)C)cc3)sc2c1. The van der Waals surface area contributed by atoms with E-state index in [2.05, 4.69) is 13.8 Å². The summed E-state index contributed by atoms with van der Waals surface area (Å²) in [6.07, 6.45) is 0. The number of aryl methyl sites for hydroxylation is 3. The molecule has 6 nitrogen and oxygen atoms in total. The Morgan fingerprint density at radius 1 is 1.09 bits per heavy atom. The van der Waals surface area contributed by atoms with E-state index in [0.717, 1.165) is 26.9 Å². The molecule has 1 aliphatic rings. The lowest BCUT2D eigenvalue weighted by atomic mass is 9.93. The molecule has 0 saturated heterocycles. The summed E-state index contributed by atoms with van der Waals surface area (Å²) in [5.41, 5.74) is 4.76. The van der Waals surface area contributed by atoms with Gasteiger partial charge in [-0.3, -0.25) is 14.5 Å². The number of amides is 1. The lowest BCUT2D eigenvalue weighted by Gasteiger charge is -2.24. The van der Waals surface area contributed by atoms with E-state index in [1.807, 2.05) is 50.2 Å². The average Bonchev–Trinajstić information content (AvgIpc) is 3.50. The summed E-state index contributed by atoms with van der Waals surface area (Å²) >= 11 is 1.37. The molecule has 35 heavy (non-hydrogen) atoms. The molecular weight excluding hydrogens is 460 g/mol. The number of aromatic nitrogens is 1. The van der Waals surface area contributed by atoms with Crippen molar-refractivity contribution in [2.75, 3.05) is 4.90 Å². The van der Waals surface area contributed by atoms with Crippen LogP contribution in [-0.4, -0.2) is 21.8 Å². The molecule has 0 aliphatic carbocycles. The molecule has 0 bridgehead atoms. The number of aliphatic hydroxyl groups excluding tert-OH is 1. The molecule has 1 N–H and O–H groups in total. The summed E-state index contributed by atoms with van der Waals surface area (Å²) in [6, 6.07) is 14.3. The number of nitrogens with zero attached hydrogens (tertiary/aromatic N) is 2. The van der Waals surface area contributed by atoms with E-state index in [9.17, 15) is 14.7 Å². The van der Waals surface area contributed by atoms with Gasteiger partial charge in [-0.05, 0) is 67.1 Å². The van der Waals surface area contributed by atoms with Gasteiger partial charge in [-0.15, -0.1) is 0 Å². The zero-order valence-corrected chi connectivity index (χ0v) is 21.1. The largest absolute Gasteiger partial charge is 0.503 e. The molecule has 178 valence electrons. The van der Waals surface area contributed by atoms with E-state index < -0.39 is 23.5 Å². The number of fused-ring (bicyclic) bond motifs is 1. The minimum atomic E-state index is -0.830. The van der Waals surface area contributed by atoms with E-state index in [1.54, 1.807) is 19.1 Å². The van der Waals surface area contributed by atoms with Crippen molar-refractivity contribution in [3.63, 3.8) is 0 Å². The molecule has 3 heterocycles. The summed E-state index contributed by atoms with van der Waals surface area (Å²) in [6.45, 7) is 9.94. The topological polar surface area (TPSA) is 83.6 Å². The summed E-state index contributed by atoms with van der Waals surface area (Å²) in [5, 5.41) is 11.4. The van der Waals surface area contributed by atoms with Crippen LogP contribution in [0.5, 0.6) is 0 Å². The predicted molar refractivity (Wildman–Crippen MR) is 137 cm³/mol. The van der Waals surface area contributed by atoms with Gasteiger partial charge in [-0.2, -0.15) is 0 Å². The van der Waals surface area contributed by atoms with Gasteiger partial charge in [0.05, 0.1) is 21.8 Å². The number of carbonyl (C=O) groups excluding carboxylic acids is 2. The molecule has 2 aromatic heterocycles. The van der Waals surface area contributed by atoms with Gasteiger partial charge in [0.15, 0.2) is 16.7 Å². The number of thiazole rings is 1. The van der Waals surface area contributed by atoms with Gasteiger partial charge in [0.2, 0.25) is 5.78 Å². The Morgan fingerprint density at radius 3 is 2.43 bits per heavy atom. The molecule has 7 heteroatoms. The Balaban J connectivity index is 1.68. The first-order valence-electron chi connectivity index (χ1n) is 11.5. The van der Waals surface area contributed by atoms with E-state index in [-0.39, 0.29) is 11.3 Å². The lowest BCUT2D eigenvalue weighted by Crippen LogP contribution is -2.31. The molecule has 0 spiro atoms. The molecule has 1 aliphatic heterocycles. The summed E-state index contributed by atoms with van der Waals surface area (Å²) < 4.78 is 6.50. The number of hydrogen-bond acceptors (Lipinski definition) is 6. The monoisotopic (exact) mass is 486 g/mol. The van der Waals surface area contributed by atoms with Crippen LogP contribution in [-0.2, 0) is 4.79 Å². The summed E-state index contributed by atoms with van der Waals surface area (Å²) in [4.78, 5) is 33.2. The van der Waals surface area contributed by atoms with Crippen LogP contribution in [0.25, 0.3) is 10.2 Å². The van der Waals surface area contributed by atoms with Gasteiger partial charge in [0.25, 0.3) is 5.91 Å². The van der Waals surface area contributed by atoms with Gasteiger partial charge in [-0.25, -0.2) is 4.98 Å². The number of ketones is 1. The number of aliphatic hydroxyl groups is 1. The number of benzene rings is 2. The fourth-order valence-electron chi connectivity index (χ4n) is 4.56. The van der Waals surface area contributed by atoms with Crippen LogP contribution >= 0.6 is 11.3 Å². The van der Waals surface area contributed by atoms with Crippen LogP contribution in [0.4, 0.5) is 5.13 Å². The minimum Gasteiger partial charge on any atom is -0.503 e. The van der Waals surface area contributed by atoms with Crippen molar-refractivity contribution in [2.45, 2.75) is 46.6 Å². The maximum Gasteiger partial charge on any atom is 0.296 e. The molecule has 1 amide bonds. The van der Waals surface area contributed by atoms with E-state index >= 15 is 0 Å². The quantitative estimate of drug-likeness (QED) is 0.317. The van der Waals surface area contributed by atoms with Gasteiger partial charge >= 0.3 is 0 Å². The molecule has 0 radical (unpaired) electrons. The lowest BCUT2D eigenvalue weighted by molar-refractivity contribution is -0.117. The van der Waals surface area contributed by atoms with Crippen LogP contribution < -0.4 is 4.90 Å². The molecule has 0 unspecified atom stereocenters. The molecule has 5 rings (SSSR count). The third-order valence-electron chi connectivity index (χ3n) is 6.36. The van der Waals surface area contributed by atoms with Crippen molar-refractivity contribution >= 4 is 38.4 Å². The maximum atomic E-state index is 13.5. The normalized spacial score (nSPS) is 16.2. The number of hydrogen-bond donors (Lipinski definition) is 1. The number of carbonyl (C=O) groups is 2. The highest BCUT2D eigenvalue weighted by Crippen LogP contribution is 2.44. The van der Waals surface area contributed by atoms with Crippen molar-refractivity contribution in [1.82, 2.24) is 4.98 Å². The maximum absolute atomic E-state index is 13.5. The summed E-state index contributed by atoms with van der Waals surface area (Å²) in [7, 11) is 0. The second-order valence-electron chi connectivity index (χ2n) is 9.33. The van der Waals surface area contributed by atoms with Crippen molar-refractivity contribution < 1.29 is 19.1 Å². The standard InChI is InChI=1S/C28H26N2O4S/c1-14(2)18-7-9-19(10-8-18)24-22(25(31)20-11-6-17(5)34-20)26(32)27(33)30(24)28-29-23-16(4)12-15(3)13-21(23)35-28/h6-14,24,32H,1-5H3/t24-/m1/s1. The highest BCUT2D eigenvalue weighted by molar-refractivity contribution is 7.22. The Hall–Kier alpha value is -3.71. The molecule has 0 fully saturated rings. The number of furan rings is 1. The second kappa shape index (κ2) is 8.50. The second-order valence-corrected chi connectivity index (χ2v) is 10.3. The minimum absolute atomic E-state index is 0.00574. The van der Waals surface area contributed by atoms with Crippen LogP contribution in [0.2, 0.25) is 0 Å². The highest BCUT2D eigenvalue weighted by atomic mass is 32.1. The zero-order chi connectivity index (χ0) is 25.0. The van der Waals surface area contributed by atoms with Gasteiger partial charge in [0, 0.05) is 0 Å². The molecule has 0 saturated carbocycles. The van der Waals surface area contributed by atoms with Crippen molar-refractivity contribution in [2.24, 2.45) is 0 Å². The Kier molecular flexibility index (Phi) is 5.60. The molecule has 4 aromatic rings.